The van der Waals surface area contributed by atoms with Crippen molar-refractivity contribution in [3.63, 3.8) is 0 Å². The van der Waals surface area contributed by atoms with E-state index in [0.717, 1.165) is 30.4 Å². The number of hydrogen-bond donors (Lipinski definition) is 1. The summed E-state index contributed by atoms with van der Waals surface area (Å²) in [5.74, 6) is 0. The molecule has 1 rings (SSSR count). The summed E-state index contributed by atoms with van der Waals surface area (Å²) in [6.45, 7) is 10.0. The van der Waals surface area contributed by atoms with Crippen molar-refractivity contribution < 1.29 is 4.74 Å². The van der Waals surface area contributed by atoms with E-state index in [4.69, 9.17) is 10.5 Å². The van der Waals surface area contributed by atoms with Gasteiger partial charge in [0.1, 0.15) is 0 Å². The molecule has 0 aliphatic heterocycles. The fourth-order valence-corrected chi connectivity index (χ4v) is 3.00. The summed E-state index contributed by atoms with van der Waals surface area (Å²) in [5.41, 5.74) is 7.02. The molecule has 2 unspecified atom stereocenters. The monoisotopic (exact) mass is 271 g/mol. The molecule has 2 N–H and O–H groups in total. The molecule has 0 fully saturated rings. The smallest absolute Gasteiger partial charge is 0.186 e. The first-order valence-corrected chi connectivity index (χ1v) is 7.31. The quantitative estimate of drug-likeness (QED) is 0.828. The molecule has 4 nitrogen and oxygen atoms in total. The molecule has 0 radical (unpaired) electrons. The predicted octanol–water partition coefficient (Wildman–Crippen LogP) is 2.72. The summed E-state index contributed by atoms with van der Waals surface area (Å²) in [6, 6.07) is 0.518. The van der Waals surface area contributed by atoms with Crippen LogP contribution in [0, 0.1) is 6.92 Å². The van der Waals surface area contributed by atoms with E-state index in [1.165, 1.54) is 4.88 Å². The summed E-state index contributed by atoms with van der Waals surface area (Å²) in [6.07, 6.45) is 1.09. The Morgan fingerprint density at radius 3 is 2.56 bits per heavy atom. The van der Waals surface area contributed by atoms with Crippen LogP contribution in [0.15, 0.2) is 0 Å². The summed E-state index contributed by atoms with van der Waals surface area (Å²) in [5, 5.41) is 1.06. The van der Waals surface area contributed by atoms with Gasteiger partial charge in [0.15, 0.2) is 5.13 Å². The number of anilines is 1. The molecule has 0 bridgehead atoms. The van der Waals surface area contributed by atoms with Gasteiger partial charge in [0.05, 0.1) is 12.3 Å². The van der Waals surface area contributed by atoms with Crippen LogP contribution in [0.25, 0.3) is 0 Å². The fraction of sp³-hybridized carbons (Fsp3) is 0.769. The van der Waals surface area contributed by atoms with Gasteiger partial charge in [0.2, 0.25) is 0 Å². The Bertz CT molecular complexity index is 365. The topological polar surface area (TPSA) is 51.4 Å². The molecule has 1 aromatic rings. The number of hydrogen-bond acceptors (Lipinski definition) is 5. The normalized spacial score (nSPS) is 14.6. The van der Waals surface area contributed by atoms with Gasteiger partial charge in [-0.25, -0.2) is 4.98 Å². The highest BCUT2D eigenvalue weighted by atomic mass is 32.1. The Labute approximate surface area is 114 Å². The molecule has 0 aliphatic rings. The Kier molecular flexibility index (Phi) is 6.05. The number of nitrogens with zero attached hydrogens (tertiary/aromatic N) is 2. The molecule has 2 atom stereocenters. The second-order valence-corrected chi connectivity index (χ2v) is 5.69. The van der Waals surface area contributed by atoms with Crippen LogP contribution in [0.1, 0.15) is 43.8 Å². The van der Waals surface area contributed by atoms with Gasteiger partial charge in [0, 0.05) is 30.6 Å². The summed E-state index contributed by atoms with van der Waals surface area (Å²) < 4.78 is 5.18. The highest BCUT2D eigenvalue weighted by Crippen LogP contribution is 2.31. The van der Waals surface area contributed by atoms with E-state index in [0.29, 0.717) is 6.04 Å². The number of methoxy groups -OCH3 is 1. The third-order valence-electron chi connectivity index (χ3n) is 3.14. The van der Waals surface area contributed by atoms with Crippen LogP contribution in [0.5, 0.6) is 0 Å². The number of rotatable bonds is 7. The Morgan fingerprint density at radius 2 is 2.11 bits per heavy atom. The van der Waals surface area contributed by atoms with Gasteiger partial charge in [-0.3, -0.25) is 0 Å². The van der Waals surface area contributed by atoms with Crippen molar-refractivity contribution in [1.29, 1.82) is 0 Å². The van der Waals surface area contributed by atoms with Crippen molar-refractivity contribution in [1.82, 2.24) is 4.98 Å². The van der Waals surface area contributed by atoms with Crippen LogP contribution in [-0.4, -0.2) is 31.3 Å². The van der Waals surface area contributed by atoms with Gasteiger partial charge in [-0.2, -0.15) is 0 Å². The van der Waals surface area contributed by atoms with Gasteiger partial charge in [0.25, 0.3) is 0 Å². The average molecular weight is 271 g/mol. The Morgan fingerprint density at radius 1 is 1.44 bits per heavy atom. The van der Waals surface area contributed by atoms with Crippen LogP contribution in [0.4, 0.5) is 5.13 Å². The molecule has 0 amide bonds. The molecule has 1 aromatic heterocycles. The molecule has 5 heteroatoms. The number of aryl methyl sites for hydroxylation is 1. The molecular formula is C13H25N3OS. The van der Waals surface area contributed by atoms with E-state index in [2.05, 4.69) is 23.7 Å². The van der Waals surface area contributed by atoms with Gasteiger partial charge < -0.3 is 15.4 Å². The maximum absolute atomic E-state index is 5.96. The fourth-order valence-electron chi connectivity index (χ4n) is 1.85. The molecule has 0 saturated heterocycles. The number of aromatic nitrogens is 1. The summed E-state index contributed by atoms with van der Waals surface area (Å²) in [7, 11) is 1.73. The maximum atomic E-state index is 5.96. The Balaban J connectivity index is 2.94. The number of thiazole rings is 1. The summed E-state index contributed by atoms with van der Waals surface area (Å²) in [4.78, 5) is 8.15. The van der Waals surface area contributed by atoms with Crippen molar-refractivity contribution >= 4 is 16.5 Å². The minimum atomic E-state index is 0.0532. The minimum Gasteiger partial charge on any atom is -0.383 e. The third kappa shape index (κ3) is 3.67. The van der Waals surface area contributed by atoms with Gasteiger partial charge >= 0.3 is 0 Å². The zero-order chi connectivity index (χ0) is 13.7. The lowest BCUT2D eigenvalue weighted by molar-refractivity contribution is 0.203. The van der Waals surface area contributed by atoms with E-state index >= 15 is 0 Å². The van der Waals surface area contributed by atoms with E-state index in [9.17, 15) is 0 Å². The standard InChI is InChI=1S/C13H25N3OS/c1-6-9(2)16(7-8-17-5)13-15-11(4)12(18-13)10(3)14/h9-10H,6-8,14H2,1-5H3. The van der Waals surface area contributed by atoms with E-state index < -0.39 is 0 Å². The van der Waals surface area contributed by atoms with Crippen LogP contribution in [0.3, 0.4) is 0 Å². The SMILES string of the molecule is CCC(C)N(CCOC)c1nc(C)c(C(C)N)s1. The third-order valence-corrected chi connectivity index (χ3v) is 4.54. The first-order chi connectivity index (χ1) is 8.51. The van der Waals surface area contributed by atoms with Crippen molar-refractivity contribution in [3.05, 3.63) is 10.6 Å². The number of ether oxygens (including phenoxy) is 1. The Hall–Kier alpha value is -0.650. The lowest BCUT2D eigenvalue weighted by Crippen LogP contribution is -2.35. The minimum absolute atomic E-state index is 0.0532. The zero-order valence-electron chi connectivity index (χ0n) is 12.1. The molecular weight excluding hydrogens is 246 g/mol. The highest BCUT2D eigenvalue weighted by molar-refractivity contribution is 7.15. The maximum Gasteiger partial charge on any atom is 0.186 e. The first kappa shape index (κ1) is 15.4. The summed E-state index contributed by atoms with van der Waals surface area (Å²) >= 11 is 1.70. The van der Waals surface area contributed by atoms with Crippen LogP contribution in [0.2, 0.25) is 0 Å². The van der Waals surface area contributed by atoms with E-state index in [1.807, 2.05) is 13.8 Å². The van der Waals surface area contributed by atoms with E-state index in [-0.39, 0.29) is 6.04 Å². The predicted molar refractivity (Wildman–Crippen MR) is 78.4 cm³/mol. The molecule has 0 saturated carbocycles. The lowest BCUT2D eigenvalue weighted by Gasteiger charge is -2.27. The van der Waals surface area contributed by atoms with Crippen molar-refractivity contribution in [3.8, 4) is 0 Å². The molecule has 1 heterocycles. The molecule has 0 aliphatic carbocycles. The average Bonchev–Trinajstić information content (AvgIpc) is 2.71. The molecule has 104 valence electrons. The highest BCUT2D eigenvalue weighted by Gasteiger charge is 2.19. The van der Waals surface area contributed by atoms with Crippen molar-refractivity contribution in [2.24, 2.45) is 5.73 Å². The van der Waals surface area contributed by atoms with Gasteiger partial charge in [-0.05, 0) is 27.2 Å². The van der Waals surface area contributed by atoms with Crippen LogP contribution >= 0.6 is 11.3 Å². The van der Waals surface area contributed by atoms with Crippen molar-refractivity contribution in [2.45, 2.75) is 46.2 Å². The molecule has 0 aromatic carbocycles. The second kappa shape index (κ2) is 7.07. The van der Waals surface area contributed by atoms with Crippen LogP contribution < -0.4 is 10.6 Å². The first-order valence-electron chi connectivity index (χ1n) is 6.49. The van der Waals surface area contributed by atoms with Gasteiger partial charge in [-0.1, -0.05) is 6.92 Å². The molecule has 0 spiro atoms. The lowest BCUT2D eigenvalue weighted by atomic mass is 10.2. The van der Waals surface area contributed by atoms with E-state index in [1.54, 1.807) is 18.4 Å². The number of nitrogens with two attached hydrogens (primary N) is 1. The second-order valence-electron chi connectivity index (χ2n) is 4.68. The van der Waals surface area contributed by atoms with Gasteiger partial charge in [-0.15, -0.1) is 11.3 Å². The molecule has 18 heavy (non-hydrogen) atoms. The van der Waals surface area contributed by atoms with Crippen molar-refractivity contribution in [2.75, 3.05) is 25.2 Å². The largest absolute Gasteiger partial charge is 0.383 e. The zero-order valence-corrected chi connectivity index (χ0v) is 12.9. The van der Waals surface area contributed by atoms with Crippen LogP contribution in [-0.2, 0) is 4.74 Å².